The fourth-order valence-electron chi connectivity index (χ4n) is 2.91. The van der Waals surface area contributed by atoms with Gasteiger partial charge in [-0.2, -0.15) is 5.26 Å². The highest BCUT2D eigenvalue weighted by atomic mass is 19.1. The van der Waals surface area contributed by atoms with E-state index >= 15 is 0 Å². The summed E-state index contributed by atoms with van der Waals surface area (Å²) in [5.41, 5.74) is 0.629. The Balaban J connectivity index is 1.56. The Bertz CT molecular complexity index is 768. The summed E-state index contributed by atoms with van der Waals surface area (Å²) in [6.07, 6.45) is 0.545. The van der Waals surface area contributed by atoms with Crippen LogP contribution in [-0.2, 0) is 0 Å². The molecule has 1 N–H and O–H groups in total. The van der Waals surface area contributed by atoms with Crippen LogP contribution < -0.4 is 4.90 Å². The number of piperazine rings is 1. The molecule has 2 aromatic rings. The van der Waals surface area contributed by atoms with Crippen LogP contribution in [0.1, 0.15) is 17.2 Å². The second-order valence-electron chi connectivity index (χ2n) is 5.99. The molecule has 0 amide bonds. The maximum Gasteiger partial charge on any atom is 0.131 e. The van der Waals surface area contributed by atoms with Crippen LogP contribution in [0, 0.1) is 23.0 Å². The van der Waals surface area contributed by atoms with Crippen LogP contribution in [0.3, 0.4) is 0 Å². The van der Waals surface area contributed by atoms with Gasteiger partial charge in [0.05, 0.1) is 11.7 Å². The third kappa shape index (κ3) is 4.10. The number of aromatic nitrogens is 1. The number of hydrogen-bond donors (Lipinski definition) is 1. The SMILES string of the molecule is N#Cc1ccc(N2CCN(CC(O)c3ccc(F)cc3F)CC2)nc1. The Morgan fingerprint density at radius 2 is 1.92 bits per heavy atom. The fourth-order valence-corrected chi connectivity index (χ4v) is 2.91. The second-order valence-corrected chi connectivity index (χ2v) is 5.99. The number of hydrogen-bond acceptors (Lipinski definition) is 5. The van der Waals surface area contributed by atoms with E-state index in [0.717, 1.165) is 31.0 Å². The lowest BCUT2D eigenvalue weighted by molar-refractivity contribution is 0.106. The highest BCUT2D eigenvalue weighted by molar-refractivity contribution is 5.42. The van der Waals surface area contributed by atoms with E-state index in [4.69, 9.17) is 5.26 Å². The summed E-state index contributed by atoms with van der Waals surface area (Å²) < 4.78 is 26.7. The van der Waals surface area contributed by atoms with Crippen LogP contribution in [-0.4, -0.2) is 47.7 Å². The summed E-state index contributed by atoms with van der Waals surface area (Å²) in [7, 11) is 0. The van der Waals surface area contributed by atoms with Gasteiger partial charge >= 0.3 is 0 Å². The molecule has 0 aliphatic carbocycles. The third-order valence-corrected chi connectivity index (χ3v) is 4.33. The number of β-amino-alcohol motifs (C(OH)–C–C–N with tert-alkyl or cyclic N) is 1. The van der Waals surface area contributed by atoms with Gasteiger partial charge in [-0.05, 0) is 18.2 Å². The monoisotopic (exact) mass is 344 g/mol. The molecule has 0 saturated carbocycles. The Kier molecular flexibility index (Phi) is 5.22. The Morgan fingerprint density at radius 1 is 1.16 bits per heavy atom. The predicted octanol–water partition coefficient (Wildman–Crippen LogP) is 2.09. The molecule has 25 heavy (non-hydrogen) atoms. The number of aliphatic hydroxyl groups excluding tert-OH is 1. The van der Waals surface area contributed by atoms with Crippen molar-refractivity contribution in [1.29, 1.82) is 5.26 Å². The minimum Gasteiger partial charge on any atom is -0.387 e. The largest absolute Gasteiger partial charge is 0.387 e. The second kappa shape index (κ2) is 7.55. The number of aliphatic hydroxyl groups is 1. The Hall–Kier alpha value is -2.56. The zero-order valence-electron chi connectivity index (χ0n) is 13.6. The van der Waals surface area contributed by atoms with Crippen LogP contribution in [0.5, 0.6) is 0 Å². The van der Waals surface area contributed by atoms with Crippen molar-refractivity contribution < 1.29 is 13.9 Å². The van der Waals surface area contributed by atoms with Crippen LogP contribution in [0.2, 0.25) is 0 Å². The van der Waals surface area contributed by atoms with Crippen molar-refractivity contribution in [2.24, 2.45) is 0 Å². The molecule has 1 aliphatic heterocycles. The quantitative estimate of drug-likeness (QED) is 0.920. The zero-order chi connectivity index (χ0) is 17.8. The van der Waals surface area contributed by atoms with Gasteiger partial charge in [0.2, 0.25) is 0 Å². The van der Waals surface area contributed by atoms with Crippen molar-refractivity contribution in [3.05, 3.63) is 59.3 Å². The van der Waals surface area contributed by atoms with Gasteiger partial charge in [-0.25, -0.2) is 13.8 Å². The smallest absolute Gasteiger partial charge is 0.131 e. The molecule has 1 aromatic carbocycles. The van der Waals surface area contributed by atoms with Crippen LogP contribution in [0.4, 0.5) is 14.6 Å². The lowest BCUT2D eigenvalue weighted by Gasteiger charge is -2.36. The van der Waals surface area contributed by atoms with Crippen molar-refractivity contribution in [2.75, 3.05) is 37.6 Å². The average Bonchev–Trinajstić information content (AvgIpc) is 2.62. The van der Waals surface area contributed by atoms with Crippen LogP contribution >= 0.6 is 0 Å². The number of nitrogens with zero attached hydrogens (tertiary/aromatic N) is 4. The molecule has 1 unspecified atom stereocenters. The molecule has 1 aromatic heterocycles. The first-order valence-electron chi connectivity index (χ1n) is 8.03. The van der Waals surface area contributed by atoms with Crippen molar-refractivity contribution in [2.45, 2.75) is 6.10 Å². The minimum atomic E-state index is -1.000. The van der Waals surface area contributed by atoms with E-state index in [1.807, 2.05) is 17.0 Å². The number of halogens is 2. The van der Waals surface area contributed by atoms with E-state index in [1.165, 1.54) is 6.07 Å². The third-order valence-electron chi connectivity index (χ3n) is 4.33. The van der Waals surface area contributed by atoms with Gasteiger partial charge in [0.1, 0.15) is 23.5 Å². The molecular weight excluding hydrogens is 326 g/mol. The topological polar surface area (TPSA) is 63.4 Å². The van der Waals surface area contributed by atoms with Gasteiger partial charge in [-0.1, -0.05) is 6.07 Å². The van der Waals surface area contributed by atoms with Crippen molar-refractivity contribution in [1.82, 2.24) is 9.88 Å². The van der Waals surface area contributed by atoms with Gasteiger partial charge < -0.3 is 10.0 Å². The molecule has 1 fully saturated rings. The zero-order valence-corrected chi connectivity index (χ0v) is 13.6. The molecular formula is C18H18F2N4O. The molecule has 0 spiro atoms. The summed E-state index contributed by atoms with van der Waals surface area (Å²) in [6, 6.07) is 8.80. The number of nitriles is 1. The first kappa shape index (κ1) is 17.3. The molecule has 1 saturated heterocycles. The molecule has 1 aliphatic rings. The lowest BCUT2D eigenvalue weighted by Crippen LogP contribution is -2.47. The molecule has 0 radical (unpaired) electrons. The predicted molar refractivity (Wildman–Crippen MR) is 88.9 cm³/mol. The van der Waals surface area contributed by atoms with E-state index < -0.39 is 17.7 Å². The average molecular weight is 344 g/mol. The standard InChI is InChI=1S/C18H18F2N4O/c19-14-2-3-15(16(20)9-14)17(25)12-23-5-7-24(8-6-23)18-4-1-13(10-21)11-22-18/h1-4,9,11,17,25H,5-8,12H2. The number of pyridine rings is 1. The Labute approximate surface area is 144 Å². The van der Waals surface area contributed by atoms with Crippen molar-refractivity contribution in [3.63, 3.8) is 0 Å². The highest BCUT2D eigenvalue weighted by Crippen LogP contribution is 2.20. The van der Waals surface area contributed by atoms with E-state index in [1.54, 1.807) is 12.3 Å². The summed E-state index contributed by atoms with van der Waals surface area (Å²) in [6.45, 7) is 3.12. The summed E-state index contributed by atoms with van der Waals surface area (Å²) in [5.74, 6) is -0.575. The van der Waals surface area contributed by atoms with Crippen LogP contribution in [0.25, 0.3) is 0 Å². The van der Waals surface area contributed by atoms with E-state index in [-0.39, 0.29) is 12.1 Å². The fraction of sp³-hybridized carbons (Fsp3) is 0.333. The number of anilines is 1. The first-order valence-corrected chi connectivity index (χ1v) is 8.03. The van der Waals surface area contributed by atoms with Crippen molar-refractivity contribution >= 4 is 5.82 Å². The maximum atomic E-state index is 13.7. The highest BCUT2D eigenvalue weighted by Gasteiger charge is 2.22. The number of rotatable bonds is 4. The molecule has 7 heteroatoms. The number of benzene rings is 1. The van der Waals surface area contributed by atoms with Crippen LogP contribution in [0.15, 0.2) is 36.5 Å². The first-order chi connectivity index (χ1) is 12.1. The summed E-state index contributed by atoms with van der Waals surface area (Å²) in [4.78, 5) is 8.41. The molecule has 2 heterocycles. The van der Waals surface area contributed by atoms with Gasteiger partial charge in [0, 0.05) is 50.6 Å². The van der Waals surface area contributed by atoms with Gasteiger partial charge in [-0.3, -0.25) is 4.90 Å². The molecule has 3 rings (SSSR count). The van der Waals surface area contributed by atoms with E-state index in [9.17, 15) is 13.9 Å². The Morgan fingerprint density at radius 3 is 2.52 bits per heavy atom. The van der Waals surface area contributed by atoms with Gasteiger partial charge in [0.25, 0.3) is 0 Å². The molecule has 5 nitrogen and oxygen atoms in total. The molecule has 130 valence electrons. The lowest BCUT2D eigenvalue weighted by atomic mass is 10.1. The van der Waals surface area contributed by atoms with Gasteiger partial charge in [-0.15, -0.1) is 0 Å². The van der Waals surface area contributed by atoms with E-state index in [0.29, 0.717) is 18.7 Å². The van der Waals surface area contributed by atoms with Crippen molar-refractivity contribution in [3.8, 4) is 6.07 Å². The summed E-state index contributed by atoms with van der Waals surface area (Å²) in [5, 5.41) is 19.0. The van der Waals surface area contributed by atoms with E-state index in [2.05, 4.69) is 9.88 Å². The normalized spacial score (nSPS) is 16.5. The van der Waals surface area contributed by atoms with Gasteiger partial charge in [0.15, 0.2) is 0 Å². The maximum absolute atomic E-state index is 13.7. The summed E-state index contributed by atoms with van der Waals surface area (Å²) >= 11 is 0. The minimum absolute atomic E-state index is 0.109. The molecule has 0 bridgehead atoms. The molecule has 1 atom stereocenters.